The van der Waals surface area contributed by atoms with Crippen molar-refractivity contribution in [2.24, 2.45) is 10.7 Å². The molecule has 1 aromatic carbocycles. The van der Waals surface area contributed by atoms with E-state index < -0.39 is 6.10 Å². The number of thiophene rings is 1. The predicted octanol–water partition coefficient (Wildman–Crippen LogP) is 3.17. The van der Waals surface area contributed by atoms with Gasteiger partial charge in [0.05, 0.1) is 25.1 Å². The van der Waals surface area contributed by atoms with E-state index in [1.54, 1.807) is 26.4 Å². The van der Waals surface area contributed by atoms with Crippen molar-refractivity contribution in [1.82, 2.24) is 5.32 Å². The zero-order valence-electron chi connectivity index (χ0n) is 13.9. The average molecular weight is 498 g/mol. The summed E-state index contributed by atoms with van der Waals surface area (Å²) in [7, 11) is 3.17. The second-order valence-electron chi connectivity index (χ2n) is 4.93. The second-order valence-corrected chi connectivity index (χ2v) is 6.68. The molecule has 0 saturated heterocycles. The van der Waals surface area contributed by atoms with E-state index in [1.807, 2.05) is 18.2 Å². The lowest BCUT2D eigenvalue weighted by atomic mass is 10.2. The van der Waals surface area contributed by atoms with Crippen LogP contribution >= 0.6 is 46.9 Å². The lowest BCUT2D eigenvalue weighted by molar-refractivity contribution is 0.185. The lowest BCUT2D eigenvalue weighted by Crippen LogP contribution is -2.34. The third-order valence-electron chi connectivity index (χ3n) is 3.28. The second kappa shape index (κ2) is 10.7. The molecule has 0 bridgehead atoms. The summed E-state index contributed by atoms with van der Waals surface area (Å²) in [5, 5.41) is 12.9. The maximum absolute atomic E-state index is 10.0. The number of aliphatic imine (C=N–C) groups is 1. The van der Waals surface area contributed by atoms with Crippen molar-refractivity contribution in [3.8, 4) is 11.5 Å². The molecular weight excluding hydrogens is 477 g/mol. The number of hydrogen-bond acceptors (Lipinski definition) is 5. The van der Waals surface area contributed by atoms with E-state index >= 15 is 0 Å². The van der Waals surface area contributed by atoms with Crippen molar-refractivity contribution < 1.29 is 14.6 Å². The summed E-state index contributed by atoms with van der Waals surface area (Å²) in [6.45, 7) is 0.651. The van der Waals surface area contributed by atoms with Crippen molar-refractivity contribution in [2.45, 2.75) is 12.6 Å². The van der Waals surface area contributed by atoms with E-state index in [1.165, 1.54) is 11.3 Å². The number of benzene rings is 1. The van der Waals surface area contributed by atoms with Gasteiger partial charge in [0.25, 0.3) is 0 Å². The maximum Gasteiger partial charge on any atom is 0.189 e. The molecule has 0 fully saturated rings. The van der Waals surface area contributed by atoms with Crippen LogP contribution in [-0.2, 0) is 6.54 Å². The van der Waals surface area contributed by atoms with Crippen LogP contribution in [0.2, 0.25) is 4.34 Å². The topological polar surface area (TPSA) is 89.1 Å². The highest BCUT2D eigenvalue weighted by molar-refractivity contribution is 14.0. The first kappa shape index (κ1) is 21.8. The SMILES string of the molecule is COc1ccc(CN=C(N)NCC(O)c2ccc(Cl)s2)cc1OC.I. The van der Waals surface area contributed by atoms with Crippen LogP contribution in [0.25, 0.3) is 0 Å². The zero-order chi connectivity index (χ0) is 17.5. The first-order valence-electron chi connectivity index (χ1n) is 7.21. The number of nitrogens with one attached hydrogen (secondary N) is 1. The Kier molecular flexibility index (Phi) is 9.33. The monoisotopic (exact) mass is 497 g/mol. The number of rotatable bonds is 7. The van der Waals surface area contributed by atoms with E-state index in [-0.39, 0.29) is 36.5 Å². The van der Waals surface area contributed by atoms with Gasteiger partial charge in [0.1, 0.15) is 6.10 Å². The Hall–Kier alpha value is -1.23. The number of methoxy groups -OCH3 is 2. The molecule has 2 aromatic rings. The van der Waals surface area contributed by atoms with Crippen LogP contribution in [0.3, 0.4) is 0 Å². The summed E-state index contributed by atoms with van der Waals surface area (Å²) in [5.74, 6) is 1.56. The summed E-state index contributed by atoms with van der Waals surface area (Å²) in [6, 6.07) is 9.09. The molecule has 0 aliphatic carbocycles. The van der Waals surface area contributed by atoms with Gasteiger partial charge in [-0.2, -0.15) is 0 Å². The Morgan fingerprint density at radius 3 is 2.60 bits per heavy atom. The highest BCUT2D eigenvalue weighted by Crippen LogP contribution is 2.28. The van der Waals surface area contributed by atoms with Gasteiger partial charge in [-0.25, -0.2) is 4.99 Å². The first-order chi connectivity index (χ1) is 11.5. The van der Waals surface area contributed by atoms with E-state index in [4.69, 9.17) is 26.8 Å². The molecule has 25 heavy (non-hydrogen) atoms. The van der Waals surface area contributed by atoms with Gasteiger partial charge in [0.2, 0.25) is 0 Å². The van der Waals surface area contributed by atoms with Crippen LogP contribution in [-0.4, -0.2) is 31.8 Å². The average Bonchev–Trinajstić information content (AvgIpc) is 3.04. The maximum atomic E-state index is 10.0. The summed E-state index contributed by atoms with van der Waals surface area (Å²) < 4.78 is 11.1. The molecule has 1 unspecified atom stereocenters. The molecule has 9 heteroatoms. The minimum atomic E-state index is -0.683. The molecular formula is C16H21ClIN3O3S. The molecule has 0 aliphatic heterocycles. The summed E-state index contributed by atoms with van der Waals surface area (Å²) in [6.07, 6.45) is -0.683. The van der Waals surface area contributed by atoms with Crippen molar-refractivity contribution in [1.29, 1.82) is 0 Å². The molecule has 0 saturated carbocycles. The summed E-state index contributed by atoms with van der Waals surface area (Å²) in [4.78, 5) is 5.03. The van der Waals surface area contributed by atoms with Crippen molar-refractivity contribution in [3.63, 3.8) is 0 Å². The first-order valence-corrected chi connectivity index (χ1v) is 8.41. The molecule has 0 aliphatic rings. The molecule has 1 heterocycles. The van der Waals surface area contributed by atoms with Crippen LogP contribution in [0.5, 0.6) is 11.5 Å². The van der Waals surface area contributed by atoms with Crippen molar-refractivity contribution in [2.75, 3.05) is 20.8 Å². The van der Waals surface area contributed by atoms with Crippen molar-refractivity contribution >= 4 is 52.9 Å². The molecule has 1 aromatic heterocycles. The minimum absolute atomic E-state index is 0. The fourth-order valence-electron chi connectivity index (χ4n) is 2.02. The van der Waals surface area contributed by atoms with E-state index in [2.05, 4.69) is 10.3 Å². The Balaban J connectivity index is 0.00000312. The van der Waals surface area contributed by atoms with Crippen LogP contribution in [0.4, 0.5) is 0 Å². The molecule has 2 rings (SSSR count). The van der Waals surface area contributed by atoms with Crippen LogP contribution in [0.1, 0.15) is 16.5 Å². The lowest BCUT2D eigenvalue weighted by Gasteiger charge is -2.11. The smallest absolute Gasteiger partial charge is 0.189 e. The van der Waals surface area contributed by atoms with Crippen LogP contribution < -0.4 is 20.5 Å². The minimum Gasteiger partial charge on any atom is -0.493 e. The highest BCUT2D eigenvalue weighted by Gasteiger charge is 2.10. The number of nitrogens with zero attached hydrogens (tertiary/aromatic N) is 1. The van der Waals surface area contributed by atoms with E-state index in [0.29, 0.717) is 22.4 Å². The predicted molar refractivity (Wildman–Crippen MR) is 113 cm³/mol. The van der Waals surface area contributed by atoms with Gasteiger partial charge in [-0.3, -0.25) is 0 Å². The number of hydrogen-bond donors (Lipinski definition) is 3. The van der Waals surface area contributed by atoms with Gasteiger partial charge in [0, 0.05) is 11.4 Å². The number of halogens is 2. The van der Waals surface area contributed by atoms with Gasteiger partial charge in [-0.15, -0.1) is 35.3 Å². The molecule has 4 N–H and O–H groups in total. The van der Waals surface area contributed by atoms with E-state index in [9.17, 15) is 5.11 Å². The standard InChI is InChI=1S/C16H20ClN3O3S.HI/c1-22-12-4-3-10(7-13(12)23-2)8-19-16(18)20-9-11(21)14-5-6-15(17)24-14;/h3-7,11,21H,8-9H2,1-2H3,(H3,18,19,20);1H. The van der Waals surface area contributed by atoms with Crippen LogP contribution in [0.15, 0.2) is 35.3 Å². The van der Waals surface area contributed by atoms with Crippen molar-refractivity contribution in [3.05, 3.63) is 45.1 Å². The molecule has 0 spiro atoms. The number of nitrogens with two attached hydrogens (primary N) is 1. The number of guanidine groups is 1. The molecule has 0 amide bonds. The quantitative estimate of drug-likeness (QED) is 0.311. The zero-order valence-corrected chi connectivity index (χ0v) is 17.8. The third-order valence-corrected chi connectivity index (χ3v) is 4.61. The molecule has 1 atom stereocenters. The molecule has 138 valence electrons. The Bertz CT molecular complexity index is 712. The number of ether oxygens (including phenoxy) is 2. The van der Waals surface area contributed by atoms with Gasteiger partial charge < -0.3 is 25.6 Å². The van der Waals surface area contributed by atoms with E-state index in [0.717, 1.165) is 10.4 Å². The van der Waals surface area contributed by atoms with Gasteiger partial charge in [0.15, 0.2) is 17.5 Å². The molecule has 0 radical (unpaired) electrons. The summed E-state index contributed by atoms with van der Waals surface area (Å²) in [5.41, 5.74) is 6.76. The largest absolute Gasteiger partial charge is 0.493 e. The Morgan fingerprint density at radius 2 is 2.00 bits per heavy atom. The van der Waals surface area contributed by atoms with Gasteiger partial charge in [-0.1, -0.05) is 17.7 Å². The Morgan fingerprint density at radius 1 is 1.28 bits per heavy atom. The fraction of sp³-hybridized carbons (Fsp3) is 0.312. The normalized spacial score (nSPS) is 12.2. The number of aliphatic hydroxyl groups is 1. The third kappa shape index (κ3) is 6.53. The highest BCUT2D eigenvalue weighted by atomic mass is 127. The molecule has 6 nitrogen and oxygen atoms in total. The van der Waals surface area contributed by atoms with Crippen LogP contribution in [0, 0.1) is 0 Å². The number of aliphatic hydroxyl groups excluding tert-OH is 1. The van der Waals surface area contributed by atoms with Gasteiger partial charge in [-0.05, 0) is 29.8 Å². The summed E-state index contributed by atoms with van der Waals surface area (Å²) >= 11 is 7.18. The van der Waals surface area contributed by atoms with Gasteiger partial charge >= 0.3 is 0 Å². The Labute approximate surface area is 173 Å². The fourth-order valence-corrected chi connectivity index (χ4v) is 3.07.